The molecular weight excluding hydrogens is 286 g/mol. The summed E-state index contributed by atoms with van der Waals surface area (Å²) in [7, 11) is 0. The monoisotopic (exact) mass is 299 g/mol. The Balaban J connectivity index is 1.82. The maximum absolute atomic E-state index is 10.7. The predicted octanol–water partition coefficient (Wildman–Crippen LogP) is 4.09. The zero-order chi connectivity index (χ0) is 15.5. The molecule has 0 fully saturated rings. The second kappa shape index (κ2) is 5.77. The Hall–Kier alpha value is -3.02. The third kappa shape index (κ3) is 2.85. The Morgan fingerprint density at radius 1 is 0.955 bits per heavy atom. The molecule has 0 unspecified atom stereocenters. The Morgan fingerprint density at radius 3 is 2.32 bits per heavy atom. The Labute approximate surface area is 126 Å². The molecule has 3 aromatic heterocycles. The number of furan rings is 3. The molecule has 3 rings (SSSR count). The number of carbonyl (C=O) groups excluding carboxylic acids is 1. The average molecular weight is 299 g/mol. The summed E-state index contributed by atoms with van der Waals surface area (Å²) in [5.74, 6) is 2.38. The zero-order valence-corrected chi connectivity index (χ0v) is 12.0. The van der Waals surface area contributed by atoms with Crippen molar-refractivity contribution in [1.29, 1.82) is 0 Å². The molecule has 0 aliphatic heterocycles. The molecule has 0 atom stereocenters. The summed E-state index contributed by atoms with van der Waals surface area (Å²) in [5.41, 5.74) is 0.458. The number of hydrogen-bond donors (Lipinski definition) is 0. The zero-order valence-electron chi connectivity index (χ0n) is 12.0. The van der Waals surface area contributed by atoms with Crippen molar-refractivity contribution in [3.8, 4) is 23.0 Å². The Kier molecular flexibility index (Phi) is 3.65. The van der Waals surface area contributed by atoms with Gasteiger partial charge in [0, 0.05) is 6.92 Å². The van der Waals surface area contributed by atoms with E-state index in [0.717, 1.165) is 0 Å². The molecule has 112 valence electrons. The molecule has 0 saturated carbocycles. The van der Waals surface area contributed by atoms with Gasteiger partial charge >= 0.3 is 5.97 Å². The van der Waals surface area contributed by atoms with Crippen LogP contribution in [0.5, 0.6) is 0 Å². The molecule has 3 heterocycles. The van der Waals surface area contributed by atoms with Gasteiger partial charge in [-0.3, -0.25) is 0 Å². The summed E-state index contributed by atoms with van der Waals surface area (Å²) < 4.78 is 16.6. The number of rotatable bonds is 4. The lowest BCUT2D eigenvalue weighted by Crippen LogP contribution is -1.97. The van der Waals surface area contributed by atoms with Crippen LogP contribution < -0.4 is 0 Å². The molecule has 6 heteroatoms. The van der Waals surface area contributed by atoms with Gasteiger partial charge < -0.3 is 18.1 Å². The van der Waals surface area contributed by atoms with E-state index < -0.39 is 5.97 Å². The molecule has 22 heavy (non-hydrogen) atoms. The number of hydrogen-bond acceptors (Lipinski definition) is 6. The van der Waals surface area contributed by atoms with E-state index in [-0.39, 0.29) is 0 Å². The van der Waals surface area contributed by atoms with Crippen LogP contribution in [-0.4, -0.2) is 11.7 Å². The van der Waals surface area contributed by atoms with Crippen LogP contribution in [0.15, 0.2) is 61.1 Å². The first kappa shape index (κ1) is 13.9. The molecule has 3 aromatic rings. The van der Waals surface area contributed by atoms with E-state index >= 15 is 0 Å². The number of nitrogens with zero attached hydrogens (tertiary/aromatic N) is 1. The predicted molar refractivity (Wildman–Crippen MR) is 78.1 cm³/mol. The van der Waals surface area contributed by atoms with Gasteiger partial charge in [-0.05, 0) is 43.3 Å². The summed E-state index contributed by atoms with van der Waals surface area (Å²) in [5, 5.41) is 3.67. The molecule has 0 aliphatic carbocycles. The van der Waals surface area contributed by atoms with Crippen molar-refractivity contribution < 1.29 is 22.9 Å². The minimum atomic E-state index is -0.486. The van der Waals surface area contributed by atoms with Crippen molar-refractivity contribution in [3.63, 3.8) is 0 Å². The first-order valence-electron chi connectivity index (χ1n) is 6.60. The van der Waals surface area contributed by atoms with Gasteiger partial charge in [0.25, 0.3) is 0 Å². The third-order valence-corrected chi connectivity index (χ3v) is 2.89. The summed E-state index contributed by atoms with van der Waals surface area (Å²) in [6, 6.07) is 10.7. The van der Waals surface area contributed by atoms with Gasteiger partial charge in [0.15, 0.2) is 28.8 Å². The second-order valence-corrected chi connectivity index (χ2v) is 4.56. The quantitative estimate of drug-likeness (QED) is 0.412. The third-order valence-electron chi connectivity index (χ3n) is 2.89. The summed E-state index contributed by atoms with van der Waals surface area (Å²) >= 11 is 0. The molecule has 0 aromatic carbocycles. The highest BCUT2D eigenvalue weighted by Crippen LogP contribution is 2.29. The van der Waals surface area contributed by atoms with Crippen molar-refractivity contribution in [2.24, 2.45) is 5.16 Å². The van der Waals surface area contributed by atoms with Crippen molar-refractivity contribution in [2.45, 2.75) is 13.8 Å². The molecule has 0 amide bonds. The summed E-state index contributed by atoms with van der Waals surface area (Å²) in [6.45, 7) is 2.96. The van der Waals surface area contributed by atoms with E-state index in [4.69, 9.17) is 13.3 Å². The van der Waals surface area contributed by atoms with E-state index in [9.17, 15) is 4.79 Å². The fourth-order valence-corrected chi connectivity index (χ4v) is 1.86. The molecule has 0 bridgehead atoms. The van der Waals surface area contributed by atoms with E-state index in [0.29, 0.717) is 34.5 Å². The normalized spacial score (nSPS) is 11.6. The van der Waals surface area contributed by atoms with Crippen LogP contribution in [0, 0.1) is 0 Å². The SMILES string of the molecule is CC(=O)O/N=C(\C)c1ccc(-c2ccc(-c3ccco3)o2)o1. The first-order valence-corrected chi connectivity index (χ1v) is 6.60. The highest BCUT2D eigenvalue weighted by Gasteiger charge is 2.13. The van der Waals surface area contributed by atoms with E-state index in [1.807, 2.05) is 6.07 Å². The van der Waals surface area contributed by atoms with Gasteiger partial charge in [-0.25, -0.2) is 4.79 Å². The maximum Gasteiger partial charge on any atom is 0.331 e. The van der Waals surface area contributed by atoms with Crippen molar-refractivity contribution in [1.82, 2.24) is 0 Å². The van der Waals surface area contributed by atoms with Crippen molar-refractivity contribution >= 4 is 11.7 Å². The lowest BCUT2D eigenvalue weighted by atomic mass is 10.3. The van der Waals surface area contributed by atoms with E-state index in [1.165, 1.54) is 6.92 Å². The average Bonchev–Trinajstić information content (AvgIpc) is 3.23. The fourth-order valence-electron chi connectivity index (χ4n) is 1.86. The Morgan fingerprint density at radius 2 is 1.64 bits per heavy atom. The fraction of sp³-hybridized carbons (Fsp3) is 0.125. The second-order valence-electron chi connectivity index (χ2n) is 4.56. The maximum atomic E-state index is 10.7. The molecule has 0 spiro atoms. The molecular formula is C16H13NO5. The van der Waals surface area contributed by atoms with Gasteiger partial charge in [0.2, 0.25) is 0 Å². The summed E-state index contributed by atoms with van der Waals surface area (Å²) in [4.78, 5) is 15.3. The van der Waals surface area contributed by atoms with Gasteiger partial charge in [-0.2, -0.15) is 0 Å². The molecule has 6 nitrogen and oxygen atoms in total. The van der Waals surface area contributed by atoms with Crippen LogP contribution in [0.3, 0.4) is 0 Å². The lowest BCUT2D eigenvalue weighted by molar-refractivity contribution is -0.140. The lowest BCUT2D eigenvalue weighted by Gasteiger charge is -1.95. The molecule has 0 radical (unpaired) electrons. The minimum Gasteiger partial charge on any atom is -0.461 e. The molecule has 0 saturated heterocycles. The number of oxime groups is 1. The van der Waals surface area contributed by atoms with Crippen molar-refractivity contribution in [3.05, 3.63) is 48.4 Å². The van der Waals surface area contributed by atoms with Crippen LogP contribution in [0.4, 0.5) is 0 Å². The Bertz CT molecular complexity index is 807. The van der Waals surface area contributed by atoms with Crippen LogP contribution in [-0.2, 0) is 9.63 Å². The van der Waals surface area contributed by atoms with Crippen LogP contribution in [0.1, 0.15) is 19.6 Å². The number of carbonyl (C=O) groups is 1. The van der Waals surface area contributed by atoms with E-state index in [1.54, 1.807) is 43.5 Å². The van der Waals surface area contributed by atoms with Gasteiger partial charge in [-0.15, -0.1) is 0 Å². The summed E-state index contributed by atoms with van der Waals surface area (Å²) in [6.07, 6.45) is 1.58. The van der Waals surface area contributed by atoms with Gasteiger partial charge in [-0.1, -0.05) is 5.16 Å². The largest absolute Gasteiger partial charge is 0.461 e. The van der Waals surface area contributed by atoms with E-state index in [2.05, 4.69) is 9.99 Å². The molecule has 0 N–H and O–H groups in total. The van der Waals surface area contributed by atoms with Gasteiger partial charge in [0.05, 0.1) is 6.26 Å². The van der Waals surface area contributed by atoms with Crippen LogP contribution in [0.25, 0.3) is 23.0 Å². The van der Waals surface area contributed by atoms with Gasteiger partial charge in [0.1, 0.15) is 5.71 Å². The highest BCUT2D eigenvalue weighted by molar-refractivity contribution is 5.96. The van der Waals surface area contributed by atoms with Crippen LogP contribution >= 0.6 is 0 Å². The standard InChI is InChI=1S/C16H13NO5/c1-10(17-22-11(2)18)12-5-6-15(20-12)16-8-7-14(21-16)13-4-3-9-19-13/h3-9H,1-2H3/b17-10+. The van der Waals surface area contributed by atoms with Crippen LogP contribution in [0.2, 0.25) is 0 Å². The minimum absolute atomic E-state index is 0.458. The molecule has 0 aliphatic rings. The first-order chi connectivity index (χ1) is 10.6. The topological polar surface area (TPSA) is 78.1 Å². The smallest absolute Gasteiger partial charge is 0.331 e. The highest BCUT2D eigenvalue weighted by atomic mass is 16.7. The van der Waals surface area contributed by atoms with Crippen molar-refractivity contribution in [2.75, 3.05) is 0 Å².